The van der Waals surface area contributed by atoms with E-state index in [0.717, 1.165) is 18.5 Å². The summed E-state index contributed by atoms with van der Waals surface area (Å²) in [7, 11) is 0. The van der Waals surface area contributed by atoms with Crippen molar-refractivity contribution < 1.29 is 4.79 Å². The average molecular weight is 395 g/mol. The van der Waals surface area contributed by atoms with Crippen LogP contribution in [0, 0.1) is 0 Å². The van der Waals surface area contributed by atoms with Gasteiger partial charge in [0.15, 0.2) is 5.78 Å². The van der Waals surface area contributed by atoms with Crippen LogP contribution in [-0.4, -0.2) is 15.8 Å². The highest BCUT2D eigenvalue weighted by atomic mass is 16.1. The standard InChI is InChI=1S/C26H38N2O/c1-2-3-4-5-6-7-8-9-10-11-12-13-18-23(24-19-14-16-21-27-24)26(29)25-20-15-17-22-28-25/h14-17,19-23H,2-13,18H2,1H3. The van der Waals surface area contributed by atoms with Gasteiger partial charge < -0.3 is 0 Å². The lowest BCUT2D eigenvalue weighted by Crippen LogP contribution is -2.15. The van der Waals surface area contributed by atoms with Gasteiger partial charge in [-0.2, -0.15) is 0 Å². The first-order valence-electron chi connectivity index (χ1n) is 11.7. The molecule has 0 spiro atoms. The molecule has 0 aliphatic heterocycles. The lowest BCUT2D eigenvalue weighted by Gasteiger charge is -2.15. The van der Waals surface area contributed by atoms with Crippen LogP contribution in [0.3, 0.4) is 0 Å². The molecule has 2 rings (SSSR count). The summed E-state index contributed by atoms with van der Waals surface area (Å²) >= 11 is 0. The Morgan fingerprint density at radius 3 is 1.79 bits per heavy atom. The zero-order valence-electron chi connectivity index (χ0n) is 18.2. The number of pyridine rings is 2. The van der Waals surface area contributed by atoms with Crippen molar-refractivity contribution in [1.82, 2.24) is 9.97 Å². The van der Waals surface area contributed by atoms with Crippen molar-refractivity contribution >= 4 is 5.78 Å². The summed E-state index contributed by atoms with van der Waals surface area (Å²) in [5, 5.41) is 0. The Bertz CT molecular complexity index is 657. The molecule has 2 aromatic heterocycles. The molecule has 0 bridgehead atoms. The van der Waals surface area contributed by atoms with Gasteiger partial charge >= 0.3 is 0 Å². The Hall–Kier alpha value is -2.03. The topological polar surface area (TPSA) is 42.9 Å². The van der Waals surface area contributed by atoms with Crippen LogP contribution in [0.2, 0.25) is 0 Å². The highest BCUT2D eigenvalue weighted by Gasteiger charge is 2.23. The largest absolute Gasteiger partial charge is 0.292 e. The van der Waals surface area contributed by atoms with Crippen molar-refractivity contribution in [3.63, 3.8) is 0 Å². The molecule has 1 atom stereocenters. The lowest BCUT2D eigenvalue weighted by atomic mass is 9.91. The Morgan fingerprint density at radius 2 is 1.28 bits per heavy atom. The van der Waals surface area contributed by atoms with Crippen LogP contribution in [0.1, 0.15) is 112 Å². The third kappa shape index (κ3) is 9.34. The van der Waals surface area contributed by atoms with Crippen LogP contribution in [-0.2, 0) is 0 Å². The van der Waals surface area contributed by atoms with Gasteiger partial charge in [0.25, 0.3) is 0 Å². The van der Waals surface area contributed by atoms with Gasteiger partial charge in [-0.1, -0.05) is 96.1 Å². The molecule has 0 aromatic carbocycles. The third-order valence-electron chi connectivity index (χ3n) is 5.62. The summed E-state index contributed by atoms with van der Waals surface area (Å²) < 4.78 is 0. The minimum atomic E-state index is -0.186. The van der Waals surface area contributed by atoms with E-state index in [-0.39, 0.29) is 11.7 Å². The smallest absolute Gasteiger partial charge is 0.190 e. The predicted molar refractivity (Wildman–Crippen MR) is 121 cm³/mol. The van der Waals surface area contributed by atoms with Crippen LogP contribution >= 0.6 is 0 Å². The first-order chi connectivity index (χ1) is 14.3. The zero-order valence-corrected chi connectivity index (χ0v) is 18.2. The summed E-state index contributed by atoms with van der Waals surface area (Å²) in [6.45, 7) is 2.27. The van der Waals surface area contributed by atoms with Crippen molar-refractivity contribution in [2.45, 2.75) is 96.3 Å². The number of hydrogen-bond acceptors (Lipinski definition) is 3. The van der Waals surface area contributed by atoms with E-state index in [9.17, 15) is 4.79 Å². The van der Waals surface area contributed by atoms with E-state index in [0.29, 0.717) is 5.69 Å². The van der Waals surface area contributed by atoms with Gasteiger partial charge in [0.2, 0.25) is 0 Å². The highest BCUT2D eigenvalue weighted by Crippen LogP contribution is 2.25. The van der Waals surface area contributed by atoms with E-state index < -0.39 is 0 Å². The van der Waals surface area contributed by atoms with E-state index in [2.05, 4.69) is 16.9 Å². The molecule has 2 heterocycles. The number of aromatic nitrogens is 2. The van der Waals surface area contributed by atoms with Gasteiger partial charge in [0.05, 0.1) is 11.6 Å². The van der Waals surface area contributed by atoms with Crippen molar-refractivity contribution in [1.29, 1.82) is 0 Å². The minimum absolute atomic E-state index is 0.0902. The van der Waals surface area contributed by atoms with Gasteiger partial charge in [-0.15, -0.1) is 0 Å². The first-order valence-corrected chi connectivity index (χ1v) is 11.7. The van der Waals surface area contributed by atoms with Crippen LogP contribution < -0.4 is 0 Å². The molecule has 0 aliphatic rings. The molecule has 0 saturated carbocycles. The number of nitrogens with zero attached hydrogens (tertiary/aromatic N) is 2. The van der Waals surface area contributed by atoms with Gasteiger partial charge in [0, 0.05) is 12.4 Å². The van der Waals surface area contributed by atoms with Crippen LogP contribution in [0.4, 0.5) is 0 Å². The molecule has 0 fully saturated rings. The van der Waals surface area contributed by atoms with Crippen LogP contribution in [0.25, 0.3) is 0 Å². The molecular weight excluding hydrogens is 356 g/mol. The highest BCUT2D eigenvalue weighted by molar-refractivity contribution is 5.99. The normalized spacial score (nSPS) is 12.0. The fourth-order valence-electron chi connectivity index (χ4n) is 3.87. The monoisotopic (exact) mass is 394 g/mol. The summed E-state index contributed by atoms with van der Waals surface area (Å²) in [5.41, 5.74) is 1.41. The molecule has 0 radical (unpaired) electrons. The van der Waals surface area contributed by atoms with Gasteiger partial charge in [-0.05, 0) is 30.7 Å². The average Bonchev–Trinajstić information content (AvgIpc) is 2.78. The Kier molecular flexibility index (Phi) is 11.9. The predicted octanol–water partition coefficient (Wildman–Crippen LogP) is 7.53. The molecule has 0 aliphatic carbocycles. The van der Waals surface area contributed by atoms with Crippen molar-refractivity contribution in [2.75, 3.05) is 0 Å². The van der Waals surface area contributed by atoms with E-state index in [1.165, 1.54) is 70.6 Å². The van der Waals surface area contributed by atoms with Crippen LogP contribution in [0.5, 0.6) is 0 Å². The van der Waals surface area contributed by atoms with Crippen molar-refractivity contribution in [2.24, 2.45) is 0 Å². The lowest BCUT2D eigenvalue weighted by molar-refractivity contribution is 0.0947. The SMILES string of the molecule is CCCCCCCCCCCCCCC(C(=O)c1ccccn1)c1ccccn1. The molecule has 29 heavy (non-hydrogen) atoms. The second-order valence-corrected chi connectivity index (χ2v) is 8.06. The molecule has 0 N–H and O–H groups in total. The number of unbranched alkanes of at least 4 members (excludes halogenated alkanes) is 11. The maximum absolute atomic E-state index is 13.0. The van der Waals surface area contributed by atoms with E-state index in [4.69, 9.17) is 0 Å². The molecule has 158 valence electrons. The number of Topliss-reactive ketones (excluding diaryl/α,β-unsaturated/α-hetero) is 1. The van der Waals surface area contributed by atoms with Gasteiger partial charge in [-0.3, -0.25) is 14.8 Å². The quantitative estimate of drug-likeness (QED) is 0.218. The van der Waals surface area contributed by atoms with Gasteiger partial charge in [0.1, 0.15) is 5.69 Å². The third-order valence-corrected chi connectivity index (χ3v) is 5.62. The van der Waals surface area contributed by atoms with Crippen molar-refractivity contribution in [3.8, 4) is 0 Å². The van der Waals surface area contributed by atoms with E-state index in [1.54, 1.807) is 18.5 Å². The number of rotatable bonds is 16. The molecule has 2 aromatic rings. The first kappa shape index (κ1) is 23.3. The summed E-state index contributed by atoms with van der Waals surface area (Å²) in [5.74, 6) is -0.0957. The fourth-order valence-corrected chi connectivity index (χ4v) is 3.87. The second kappa shape index (κ2) is 14.9. The van der Waals surface area contributed by atoms with Gasteiger partial charge in [-0.25, -0.2) is 0 Å². The minimum Gasteiger partial charge on any atom is -0.292 e. The number of carbonyl (C=O) groups is 1. The molecule has 1 unspecified atom stereocenters. The summed E-state index contributed by atoms with van der Waals surface area (Å²) in [4.78, 5) is 21.7. The zero-order chi connectivity index (χ0) is 20.6. The number of hydrogen-bond donors (Lipinski definition) is 0. The molecule has 3 heteroatoms. The molecular formula is C26H38N2O. The second-order valence-electron chi connectivity index (χ2n) is 8.06. The summed E-state index contributed by atoms with van der Waals surface area (Å²) in [6.07, 6.45) is 20.2. The Morgan fingerprint density at radius 1 is 0.724 bits per heavy atom. The molecule has 0 saturated heterocycles. The van der Waals surface area contributed by atoms with Crippen molar-refractivity contribution in [3.05, 3.63) is 60.2 Å². The fraction of sp³-hybridized carbons (Fsp3) is 0.577. The Balaban J connectivity index is 1.67. The summed E-state index contributed by atoms with van der Waals surface area (Å²) in [6, 6.07) is 11.3. The Labute approximate surface area is 177 Å². The van der Waals surface area contributed by atoms with Crippen LogP contribution in [0.15, 0.2) is 48.8 Å². The number of carbonyl (C=O) groups excluding carboxylic acids is 1. The maximum Gasteiger partial charge on any atom is 0.190 e. The number of ketones is 1. The molecule has 0 amide bonds. The molecule has 3 nitrogen and oxygen atoms in total. The van der Waals surface area contributed by atoms with E-state index >= 15 is 0 Å². The van der Waals surface area contributed by atoms with E-state index in [1.807, 2.05) is 30.3 Å². The maximum atomic E-state index is 13.0.